The minimum Gasteiger partial charge on any atom is -0.366 e. The molecular formula is C26H30F3N7O3S2. The fraction of sp³-hybridized carbons (Fsp3) is 0.500. The Kier molecular flexibility index (Phi) is 8.27. The Balaban J connectivity index is 1.38. The molecule has 5 heterocycles. The number of anilines is 1. The Labute approximate surface area is 239 Å². The number of alkyl halides is 3. The van der Waals surface area contributed by atoms with Gasteiger partial charge in [0, 0.05) is 44.2 Å². The maximum atomic E-state index is 13.5. The number of rotatable bonds is 8. The number of pyridine rings is 1. The van der Waals surface area contributed by atoms with Crippen molar-refractivity contribution >= 4 is 38.8 Å². The summed E-state index contributed by atoms with van der Waals surface area (Å²) in [4.78, 5) is 14.4. The Morgan fingerprint density at radius 1 is 1.22 bits per heavy atom. The van der Waals surface area contributed by atoms with E-state index in [1.807, 2.05) is 0 Å². The van der Waals surface area contributed by atoms with Crippen molar-refractivity contribution in [1.82, 2.24) is 29.6 Å². The number of nitrogens with one attached hydrogen (secondary N) is 2. The molecule has 2 fully saturated rings. The Hall–Kier alpha value is -3.22. The minimum absolute atomic E-state index is 0.0148. The molecule has 2 N–H and O–H groups in total. The van der Waals surface area contributed by atoms with Crippen molar-refractivity contribution in [2.24, 2.45) is 7.05 Å². The molecule has 0 aliphatic carbocycles. The van der Waals surface area contributed by atoms with E-state index < -0.39 is 21.3 Å². The summed E-state index contributed by atoms with van der Waals surface area (Å²) in [5, 5.41) is 14.5. The fourth-order valence-electron chi connectivity index (χ4n) is 5.60. The number of hydrogen-bond acceptors (Lipinski definition) is 8. The number of aryl methyl sites for hydroxylation is 1. The molecule has 2 saturated heterocycles. The third-order valence-electron chi connectivity index (χ3n) is 7.36. The summed E-state index contributed by atoms with van der Waals surface area (Å²) in [7, 11) is -1.43. The molecule has 3 aromatic rings. The zero-order chi connectivity index (χ0) is 29.4. The van der Waals surface area contributed by atoms with Crippen LogP contribution in [-0.4, -0.2) is 87.4 Å². The van der Waals surface area contributed by atoms with Crippen molar-refractivity contribution < 1.29 is 26.4 Å². The monoisotopic (exact) mass is 609 g/mol. The van der Waals surface area contributed by atoms with E-state index in [0.717, 1.165) is 25.7 Å². The number of aromatic nitrogens is 4. The molecule has 15 heteroatoms. The third-order valence-corrected chi connectivity index (χ3v) is 9.12. The average molecular weight is 610 g/mol. The lowest BCUT2D eigenvalue weighted by atomic mass is 9.97. The van der Waals surface area contributed by atoms with E-state index in [0.29, 0.717) is 24.0 Å². The average Bonchev–Trinajstić information content (AvgIpc) is 3.56. The molecule has 0 aromatic carbocycles. The molecule has 2 aliphatic rings. The molecule has 3 atom stereocenters. The van der Waals surface area contributed by atoms with Gasteiger partial charge in [-0.3, -0.25) is 14.4 Å². The van der Waals surface area contributed by atoms with Crippen LogP contribution in [0.5, 0.6) is 0 Å². The van der Waals surface area contributed by atoms with E-state index in [-0.39, 0.29) is 52.2 Å². The van der Waals surface area contributed by atoms with Gasteiger partial charge in [-0.05, 0) is 55.5 Å². The van der Waals surface area contributed by atoms with Gasteiger partial charge in [-0.15, -0.1) is 0 Å². The molecule has 220 valence electrons. The van der Waals surface area contributed by atoms with Crippen molar-refractivity contribution in [2.45, 2.75) is 54.2 Å². The summed E-state index contributed by atoms with van der Waals surface area (Å²) in [6.45, 7) is 0.374. The summed E-state index contributed by atoms with van der Waals surface area (Å²) < 4.78 is 67.1. The number of amides is 1. The highest BCUT2D eigenvalue weighted by atomic mass is 32.2. The van der Waals surface area contributed by atoms with Crippen LogP contribution in [0.4, 0.5) is 19.0 Å². The number of piperidine rings is 1. The van der Waals surface area contributed by atoms with E-state index in [2.05, 4.69) is 37.6 Å². The number of sulfone groups is 1. The van der Waals surface area contributed by atoms with Gasteiger partial charge in [0.15, 0.2) is 0 Å². The first-order valence-corrected chi connectivity index (χ1v) is 16.0. The lowest BCUT2D eigenvalue weighted by molar-refractivity contribution is -0.0327. The second-order valence-corrected chi connectivity index (χ2v) is 13.7. The molecule has 2 bridgehead atoms. The highest BCUT2D eigenvalue weighted by Crippen LogP contribution is 2.42. The smallest absolute Gasteiger partial charge is 0.366 e. The van der Waals surface area contributed by atoms with E-state index in [4.69, 9.17) is 0 Å². The van der Waals surface area contributed by atoms with Crippen molar-refractivity contribution in [2.75, 3.05) is 30.4 Å². The van der Waals surface area contributed by atoms with Crippen LogP contribution in [0.2, 0.25) is 0 Å². The number of hydrogen-bond donors (Lipinski definition) is 2. The van der Waals surface area contributed by atoms with Gasteiger partial charge in [-0.25, -0.2) is 12.9 Å². The topological polar surface area (TPSA) is 114 Å². The molecule has 0 radical (unpaired) electrons. The first kappa shape index (κ1) is 29.3. The van der Waals surface area contributed by atoms with Gasteiger partial charge in [0.25, 0.3) is 5.91 Å². The molecule has 0 unspecified atom stereocenters. The van der Waals surface area contributed by atoms with E-state index >= 15 is 0 Å². The number of carbonyl (C=O) groups excluding carboxylic acids is 1. The van der Waals surface area contributed by atoms with Crippen LogP contribution in [0.3, 0.4) is 0 Å². The molecule has 0 spiro atoms. The van der Waals surface area contributed by atoms with Crippen molar-refractivity contribution in [3.63, 3.8) is 0 Å². The quantitative estimate of drug-likeness (QED) is 0.296. The number of nitrogens with zero attached hydrogens (tertiary/aromatic N) is 5. The van der Waals surface area contributed by atoms with E-state index in [9.17, 15) is 26.4 Å². The molecule has 41 heavy (non-hydrogen) atoms. The predicted molar refractivity (Wildman–Crippen MR) is 149 cm³/mol. The van der Waals surface area contributed by atoms with Crippen LogP contribution in [0.15, 0.2) is 35.5 Å². The Bertz CT molecular complexity index is 1610. The van der Waals surface area contributed by atoms with Crippen molar-refractivity contribution in [1.29, 1.82) is 0 Å². The summed E-state index contributed by atoms with van der Waals surface area (Å²) in [5.41, 5.74) is -4.00. The standard InChI is InChI=1S/C26H30F3N7O3S2/c1-34-16-17(15-31-34)25(37)30-12-4-5-20-24(40-26(27,28)29)22-6-3-7-23(36(22)33-20)32-19-10-8-18-9-11-21(19)35(18)13-14-41(2,38)39/h3,6-7,15-16,18-19,21,32H,8-14H2,1-2H3,(H,30,37)/t18-,19-,21-/m1/s1. The largest absolute Gasteiger partial charge is 0.446 e. The first-order chi connectivity index (χ1) is 19.4. The third kappa shape index (κ3) is 6.99. The maximum absolute atomic E-state index is 13.5. The van der Waals surface area contributed by atoms with Crippen LogP contribution >= 0.6 is 11.8 Å². The van der Waals surface area contributed by atoms with Crippen LogP contribution in [0.25, 0.3) is 5.52 Å². The fourth-order valence-corrected chi connectivity index (χ4v) is 6.82. The molecule has 2 aliphatic heterocycles. The molecule has 3 aromatic heterocycles. The van der Waals surface area contributed by atoms with E-state index in [1.54, 1.807) is 31.4 Å². The molecular weight excluding hydrogens is 579 g/mol. The Morgan fingerprint density at radius 2 is 2.00 bits per heavy atom. The summed E-state index contributed by atoms with van der Waals surface area (Å²) in [6, 6.07) is 5.44. The summed E-state index contributed by atoms with van der Waals surface area (Å²) in [5.74, 6) is 5.63. The van der Waals surface area contributed by atoms with Crippen LogP contribution in [0.1, 0.15) is 41.7 Å². The summed E-state index contributed by atoms with van der Waals surface area (Å²) >= 11 is -0.274. The highest BCUT2D eigenvalue weighted by molar-refractivity contribution is 8.00. The number of thioether (sulfide) groups is 1. The van der Waals surface area contributed by atoms with Gasteiger partial charge in [-0.2, -0.15) is 23.4 Å². The van der Waals surface area contributed by atoms with Gasteiger partial charge in [0.1, 0.15) is 21.3 Å². The number of halogens is 3. The predicted octanol–water partition coefficient (Wildman–Crippen LogP) is 2.91. The van der Waals surface area contributed by atoms with E-state index in [1.165, 1.54) is 21.6 Å². The van der Waals surface area contributed by atoms with Gasteiger partial charge >= 0.3 is 5.51 Å². The van der Waals surface area contributed by atoms with Gasteiger partial charge in [0.05, 0.1) is 34.5 Å². The van der Waals surface area contributed by atoms with Crippen LogP contribution in [-0.2, 0) is 16.9 Å². The van der Waals surface area contributed by atoms with Gasteiger partial charge in [-0.1, -0.05) is 12.0 Å². The lowest BCUT2D eigenvalue weighted by Gasteiger charge is -2.40. The molecule has 0 saturated carbocycles. The van der Waals surface area contributed by atoms with Crippen LogP contribution in [0, 0.1) is 11.8 Å². The maximum Gasteiger partial charge on any atom is 0.446 e. The summed E-state index contributed by atoms with van der Waals surface area (Å²) in [6.07, 6.45) is 7.85. The zero-order valence-corrected chi connectivity index (χ0v) is 24.1. The Morgan fingerprint density at radius 3 is 2.71 bits per heavy atom. The van der Waals surface area contributed by atoms with Crippen LogP contribution < -0.4 is 10.6 Å². The number of fused-ring (bicyclic) bond motifs is 3. The van der Waals surface area contributed by atoms with Gasteiger partial charge < -0.3 is 10.6 Å². The first-order valence-electron chi connectivity index (χ1n) is 13.1. The SMILES string of the molecule is Cn1cc(C(=O)NCC#Cc2nn3c(N[C@@H]4CC[C@@H]5CC[C@H]4N5CCS(C)(=O)=O)cccc3c2SC(F)(F)F)cn1. The molecule has 10 nitrogen and oxygen atoms in total. The molecule has 1 amide bonds. The second-order valence-electron chi connectivity index (χ2n) is 10.3. The highest BCUT2D eigenvalue weighted by Gasteiger charge is 2.42. The van der Waals surface area contributed by atoms with Crippen molar-refractivity contribution in [3.8, 4) is 11.8 Å². The lowest BCUT2D eigenvalue weighted by Crippen LogP contribution is -2.51. The zero-order valence-electron chi connectivity index (χ0n) is 22.5. The van der Waals surface area contributed by atoms with Crippen molar-refractivity contribution in [3.05, 3.63) is 41.9 Å². The molecule has 5 rings (SSSR count). The number of carbonyl (C=O) groups is 1. The minimum atomic E-state index is -4.56. The van der Waals surface area contributed by atoms with Gasteiger partial charge in [0.2, 0.25) is 0 Å². The normalized spacial score (nSPS) is 21.0. The second kappa shape index (κ2) is 11.6.